The maximum atomic E-state index is 13.3. The maximum absolute atomic E-state index is 13.3. The summed E-state index contributed by atoms with van der Waals surface area (Å²) in [6, 6.07) is 13.1. The predicted octanol–water partition coefficient (Wildman–Crippen LogP) is 3.95. The number of hydrogen-bond donors (Lipinski definition) is 1. The molecule has 1 aromatic carbocycles. The molecule has 1 aliphatic carbocycles. The van der Waals surface area contributed by atoms with Gasteiger partial charge in [0.1, 0.15) is 5.82 Å². The van der Waals surface area contributed by atoms with Gasteiger partial charge >= 0.3 is 0 Å². The Hall–Kier alpha value is -2.40. The highest BCUT2D eigenvalue weighted by Gasteiger charge is 2.53. The molecule has 6 heteroatoms. The summed E-state index contributed by atoms with van der Waals surface area (Å²) in [5.41, 5.74) is 1.39. The summed E-state index contributed by atoms with van der Waals surface area (Å²) in [6.07, 6.45) is 3.29. The summed E-state index contributed by atoms with van der Waals surface area (Å²) < 4.78 is 0. The molecule has 1 saturated carbocycles. The van der Waals surface area contributed by atoms with Gasteiger partial charge in [-0.3, -0.25) is 9.59 Å². The number of hydrogen-bond acceptors (Lipinski definition) is 3. The van der Waals surface area contributed by atoms with Crippen LogP contribution in [0.5, 0.6) is 0 Å². The topological polar surface area (TPSA) is 62.3 Å². The number of pyridine rings is 1. The number of carbonyl (C=O) groups is 2. The van der Waals surface area contributed by atoms with E-state index in [2.05, 4.69) is 10.3 Å². The Balaban J connectivity index is 1.45. The molecule has 0 radical (unpaired) electrons. The number of likely N-dealkylation sites (tertiary alicyclic amines) is 1. The Bertz CT molecular complexity index is 910. The Morgan fingerprint density at radius 1 is 1.21 bits per heavy atom. The number of anilines is 1. The van der Waals surface area contributed by atoms with E-state index < -0.39 is 5.41 Å². The molecule has 2 aromatic rings. The Labute approximate surface area is 170 Å². The highest BCUT2D eigenvalue weighted by atomic mass is 35.5. The minimum Gasteiger partial charge on any atom is -0.341 e. The van der Waals surface area contributed by atoms with E-state index in [9.17, 15) is 9.59 Å². The van der Waals surface area contributed by atoms with E-state index in [4.69, 9.17) is 11.6 Å². The van der Waals surface area contributed by atoms with E-state index in [0.717, 1.165) is 36.9 Å². The summed E-state index contributed by atoms with van der Waals surface area (Å²) in [7, 11) is 0. The average Bonchev–Trinajstić information content (AvgIpc) is 3.49. The van der Waals surface area contributed by atoms with Crippen LogP contribution in [0.15, 0.2) is 42.5 Å². The number of amides is 2. The Morgan fingerprint density at radius 3 is 2.71 bits per heavy atom. The zero-order valence-electron chi connectivity index (χ0n) is 16.0. The van der Waals surface area contributed by atoms with Crippen LogP contribution in [0.2, 0.25) is 5.02 Å². The Morgan fingerprint density at radius 2 is 2.00 bits per heavy atom. The third kappa shape index (κ3) is 3.76. The second-order valence-electron chi connectivity index (χ2n) is 7.84. The van der Waals surface area contributed by atoms with Crippen molar-refractivity contribution in [3.8, 4) is 0 Å². The molecular formula is C22H24ClN3O2. The molecule has 1 aromatic heterocycles. The van der Waals surface area contributed by atoms with Crippen LogP contribution in [0, 0.1) is 12.8 Å². The van der Waals surface area contributed by atoms with Crippen molar-refractivity contribution < 1.29 is 9.59 Å². The van der Waals surface area contributed by atoms with Gasteiger partial charge < -0.3 is 10.2 Å². The first-order valence-corrected chi connectivity index (χ1v) is 10.2. The second-order valence-corrected chi connectivity index (χ2v) is 8.27. The van der Waals surface area contributed by atoms with Gasteiger partial charge in [0, 0.05) is 23.8 Å². The minimum absolute atomic E-state index is 0.0665. The lowest BCUT2D eigenvalue weighted by Gasteiger charge is -2.34. The van der Waals surface area contributed by atoms with Gasteiger partial charge in [0.25, 0.3) is 0 Å². The van der Waals surface area contributed by atoms with Gasteiger partial charge in [0.05, 0.1) is 11.3 Å². The third-order valence-electron chi connectivity index (χ3n) is 5.76. The number of carbonyl (C=O) groups excluding carboxylic acids is 2. The highest BCUT2D eigenvalue weighted by molar-refractivity contribution is 6.30. The number of aromatic nitrogens is 1. The Kier molecular flexibility index (Phi) is 5.11. The molecule has 1 aliphatic heterocycles. The molecule has 5 nitrogen and oxygen atoms in total. The molecule has 0 bridgehead atoms. The first-order valence-electron chi connectivity index (χ1n) is 9.78. The summed E-state index contributed by atoms with van der Waals surface area (Å²) in [4.78, 5) is 32.2. The van der Waals surface area contributed by atoms with Crippen LogP contribution < -0.4 is 5.32 Å². The summed E-state index contributed by atoms with van der Waals surface area (Å²) in [6.45, 7) is 3.05. The molecular weight excluding hydrogens is 374 g/mol. The average molecular weight is 398 g/mol. The van der Waals surface area contributed by atoms with Crippen molar-refractivity contribution in [3.05, 3.63) is 58.7 Å². The van der Waals surface area contributed by atoms with Crippen LogP contribution in [0.4, 0.5) is 5.82 Å². The first-order chi connectivity index (χ1) is 13.5. The van der Waals surface area contributed by atoms with Crippen LogP contribution in [-0.4, -0.2) is 34.8 Å². The van der Waals surface area contributed by atoms with Crippen LogP contribution in [-0.2, 0) is 15.0 Å². The molecule has 2 aliphatic rings. The van der Waals surface area contributed by atoms with E-state index in [1.165, 1.54) is 0 Å². The van der Waals surface area contributed by atoms with Crippen molar-refractivity contribution in [3.63, 3.8) is 0 Å². The van der Waals surface area contributed by atoms with Gasteiger partial charge in [0.15, 0.2) is 0 Å². The SMILES string of the molecule is Cc1cccc(NC(=O)C2CCCN(C(=O)C3(c4cccc(Cl)c4)CC3)C2)n1. The summed E-state index contributed by atoms with van der Waals surface area (Å²) in [5, 5.41) is 3.55. The van der Waals surface area contributed by atoms with E-state index in [-0.39, 0.29) is 17.7 Å². The number of nitrogens with zero attached hydrogens (tertiary/aromatic N) is 2. The summed E-state index contributed by atoms with van der Waals surface area (Å²) in [5.74, 6) is 0.408. The van der Waals surface area contributed by atoms with E-state index in [1.54, 1.807) is 6.07 Å². The van der Waals surface area contributed by atoms with Gasteiger partial charge in [-0.25, -0.2) is 4.98 Å². The molecule has 0 spiro atoms. The van der Waals surface area contributed by atoms with Crippen LogP contribution in [0.25, 0.3) is 0 Å². The van der Waals surface area contributed by atoms with Gasteiger partial charge in [-0.1, -0.05) is 29.8 Å². The van der Waals surface area contributed by atoms with Crippen molar-refractivity contribution in [2.75, 3.05) is 18.4 Å². The van der Waals surface area contributed by atoms with E-state index in [1.807, 2.05) is 48.2 Å². The van der Waals surface area contributed by atoms with Gasteiger partial charge in [-0.2, -0.15) is 0 Å². The molecule has 1 unspecified atom stereocenters. The van der Waals surface area contributed by atoms with Crippen molar-refractivity contribution in [1.82, 2.24) is 9.88 Å². The molecule has 1 N–H and O–H groups in total. The molecule has 4 rings (SSSR count). The highest BCUT2D eigenvalue weighted by Crippen LogP contribution is 2.50. The van der Waals surface area contributed by atoms with Gasteiger partial charge in [-0.15, -0.1) is 0 Å². The standard InChI is InChI=1S/C22H24ClN3O2/c1-15-5-2-9-19(24-15)25-20(27)16-6-4-12-26(14-16)21(28)22(10-11-22)17-7-3-8-18(23)13-17/h2-3,5,7-9,13,16H,4,6,10-12,14H2,1H3,(H,24,25,27). The normalized spacial score (nSPS) is 20.5. The molecule has 28 heavy (non-hydrogen) atoms. The van der Waals surface area contributed by atoms with Gasteiger partial charge in [0.2, 0.25) is 11.8 Å². The fraction of sp³-hybridized carbons (Fsp3) is 0.409. The molecule has 2 amide bonds. The lowest BCUT2D eigenvalue weighted by molar-refractivity contribution is -0.137. The summed E-state index contributed by atoms with van der Waals surface area (Å²) >= 11 is 6.14. The van der Waals surface area contributed by atoms with Crippen LogP contribution in [0.3, 0.4) is 0 Å². The molecule has 1 atom stereocenters. The second kappa shape index (κ2) is 7.55. The third-order valence-corrected chi connectivity index (χ3v) is 5.99. The molecule has 1 saturated heterocycles. The number of halogens is 1. The largest absolute Gasteiger partial charge is 0.341 e. The monoisotopic (exact) mass is 397 g/mol. The van der Waals surface area contributed by atoms with Gasteiger partial charge in [-0.05, 0) is 62.4 Å². The van der Waals surface area contributed by atoms with Crippen molar-refractivity contribution >= 4 is 29.2 Å². The first kappa shape index (κ1) is 18.9. The maximum Gasteiger partial charge on any atom is 0.233 e. The zero-order chi connectivity index (χ0) is 19.7. The zero-order valence-corrected chi connectivity index (χ0v) is 16.7. The minimum atomic E-state index is -0.457. The number of piperidine rings is 1. The lowest BCUT2D eigenvalue weighted by Crippen LogP contribution is -2.47. The molecule has 2 heterocycles. The lowest BCUT2D eigenvalue weighted by atomic mass is 9.91. The van der Waals surface area contributed by atoms with Crippen molar-refractivity contribution in [1.29, 1.82) is 0 Å². The van der Waals surface area contributed by atoms with Crippen LogP contribution in [0.1, 0.15) is 36.9 Å². The van der Waals surface area contributed by atoms with E-state index >= 15 is 0 Å². The van der Waals surface area contributed by atoms with E-state index in [0.29, 0.717) is 23.9 Å². The number of aryl methyl sites for hydroxylation is 1. The molecule has 2 fully saturated rings. The number of nitrogens with one attached hydrogen (secondary N) is 1. The fourth-order valence-electron chi connectivity index (χ4n) is 4.06. The number of benzene rings is 1. The van der Waals surface area contributed by atoms with Crippen LogP contribution >= 0.6 is 11.6 Å². The predicted molar refractivity (Wildman–Crippen MR) is 109 cm³/mol. The fourth-order valence-corrected chi connectivity index (χ4v) is 4.25. The molecule has 146 valence electrons. The van der Waals surface area contributed by atoms with Crippen molar-refractivity contribution in [2.24, 2.45) is 5.92 Å². The quantitative estimate of drug-likeness (QED) is 0.849. The smallest absolute Gasteiger partial charge is 0.233 e. The number of rotatable bonds is 4. The van der Waals surface area contributed by atoms with Crippen molar-refractivity contribution in [2.45, 2.75) is 38.0 Å².